The largest absolute Gasteiger partial charge is 0.480 e. The van der Waals surface area contributed by atoms with E-state index < -0.39 is 32.4 Å². The second-order valence-electron chi connectivity index (χ2n) is 5.73. The molecule has 0 radical (unpaired) electrons. The number of hydrogen-bond donors (Lipinski definition) is 1. The van der Waals surface area contributed by atoms with Crippen molar-refractivity contribution in [3.63, 3.8) is 0 Å². The maximum absolute atomic E-state index is 13.0. The molecule has 128 valence electrons. The molecule has 1 N–H and O–H groups in total. The first-order valence-corrected chi connectivity index (χ1v) is 9.86. The normalized spacial score (nSPS) is 25.2. The Morgan fingerprint density at radius 2 is 1.72 bits per heavy atom. The van der Waals surface area contributed by atoms with Gasteiger partial charge >= 0.3 is 5.97 Å². The molecule has 0 heterocycles. The molecule has 0 unspecified atom stereocenters. The number of sulfone groups is 1. The van der Waals surface area contributed by atoms with E-state index in [4.69, 9.17) is 11.6 Å². The monoisotopic (exact) mass is 439 g/mol. The van der Waals surface area contributed by atoms with Crippen LogP contribution in [0, 0.1) is 16.7 Å². The van der Waals surface area contributed by atoms with Gasteiger partial charge in [-0.3, -0.25) is 4.79 Å². The van der Waals surface area contributed by atoms with Gasteiger partial charge in [0.1, 0.15) is 5.25 Å². The summed E-state index contributed by atoms with van der Waals surface area (Å²) in [6, 6.07) is 13.8. The molecule has 1 aliphatic rings. The minimum atomic E-state index is -4.03. The van der Waals surface area contributed by atoms with Gasteiger partial charge in [-0.05, 0) is 42.0 Å². The molecule has 0 bridgehead atoms. The van der Waals surface area contributed by atoms with Crippen molar-refractivity contribution < 1.29 is 18.3 Å². The SMILES string of the molecule is N#C[C@]1(C(=O)O)[C@@H](c2ccc(Br)cc2)[C@@H]1S(=O)(=O)c1ccc(Cl)cc1. The van der Waals surface area contributed by atoms with Crippen molar-refractivity contribution in [2.75, 3.05) is 0 Å². The molecular weight excluding hydrogens is 430 g/mol. The van der Waals surface area contributed by atoms with E-state index in [1.807, 2.05) is 0 Å². The molecule has 3 rings (SSSR count). The highest BCUT2D eigenvalue weighted by molar-refractivity contribution is 9.10. The molecule has 5 nitrogen and oxygen atoms in total. The number of rotatable bonds is 4. The van der Waals surface area contributed by atoms with Gasteiger partial charge < -0.3 is 5.11 Å². The average Bonchev–Trinajstić information content (AvgIpc) is 3.27. The summed E-state index contributed by atoms with van der Waals surface area (Å²) in [5.74, 6) is -2.38. The Labute approximate surface area is 157 Å². The summed E-state index contributed by atoms with van der Waals surface area (Å²) in [6.07, 6.45) is 0. The summed E-state index contributed by atoms with van der Waals surface area (Å²) in [5, 5.41) is 18.1. The minimum Gasteiger partial charge on any atom is -0.480 e. The molecule has 2 aromatic carbocycles. The van der Waals surface area contributed by atoms with E-state index >= 15 is 0 Å². The van der Waals surface area contributed by atoms with Crippen molar-refractivity contribution in [2.24, 2.45) is 5.41 Å². The highest BCUT2D eigenvalue weighted by Crippen LogP contribution is 2.64. The Hall–Kier alpha value is -1.88. The van der Waals surface area contributed by atoms with Gasteiger partial charge in [0.15, 0.2) is 15.3 Å². The maximum atomic E-state index is 13.0. The number of carbonyl (C=O) groups is 1. The predicted octanol–water partition coefficient (Wildman–Crippen LogP) is 3.64. The Morgan fingerprint density at radius 1 is 1.16 bits per heavy atom. The van der Waals surface area contributed by atoms with Crippen molar-refractivity contribution in [1.82, 2.24) is 0 Å². The molecule has 0 saturated heterocycles. The molecule has 0 aromatic heterocycles. The fourth-order valence-corrected chi connectivity index (χ4v) is 5.73. The van der Waals surface area contributed by atoms with E-state index in [9.17, 15) is 23.6 Å². The highest BCUT2D eigenvalue weighted by Gasteiger charge is 2.77. The number of carboxylic acid groups (broad SMARTS) is 1. The van der Waals surface area contributed by atoms with Crippen LogP contribution in [-0.4, -0.2) is 24.7 Å². The first-order chi connectivity index (χ1) is 11.7. The van der Waals surface area contributed by atoms with E-state index in [1.165, 1.54) is 24.3 Å². The lowest BCUT2D eigenvalue weighted by atomic mass is 10.0. The summed E-state index contributed by atoms with van der Waals surface area (Å²) < 4.78 is 26.7. The van der Waals surface area contributed by atoms with E-state index in [2.05, 4.69) is 15.9 Å². The van der Waals surface area contributed by atoms with Crippen LogP contribution < -0.4 is 0 Å². The van der Waals surface area contributed by atoms with E-state index in [1.54, 1.807) is 30.3 Å². The third-order valence-electron chi connectivity index (χ3n) is 4.38. The third kappa shape index (κ3) is 2.74. The Bertz CT molecular complexity index is 983. The standard InChI is InChI=1S/C17H11BrClNO4S/c18-11-3-1-10(2-4-11)14-15(17(14,9-20)16(21)22)25(23,24)13-7-5-12(19)6-8-13/h1-8,14-15H,(H,21,22)/t14-,15-,17-/m0/s1. The van der Waals surface area contributed by atoms with Crippen LogP contribution in [0.25, 0.3) is 0 Å². The summed E-state index contributed by atoms with van der Waals surface area (Å²) >= 11 is 9.06. The van der Waals surface area contributed by atoms with Gasteiger partial charge in [0.2, 0.25) is 0 Å². The lowest BCUT2D eigenvalue weighted by Crippen LogP contribution is -2.22. The molecule has 0 amide bonds. The van der Waals surface area contributed by atoms with Gasteiger partial charge in [-0.15, -0.1) is 0 Å². The van der Waals surface area contributed by atoms with E-state index in [-0.39, 0.29) is 4.90 Å². The second kappa shape index (κ2) is 6.13. The van der Waals surface area contributed by atoms with Gasteiger partial charge in [0.25, 0.3) is 0 Å². The van der Waals surface area contributed by atoms with Crippen LogP contribution in [-0.2, 0) is 14.6 Å². The van der Waals surface area contributed by atoms with Crippen molar-refractivity contribution in [1.29, 1.82) is 5.26 Å². The van der Waals surface area contributed by atoms with Crippen LogP contribution in [0.3, 0.4) is 0 Å². The number of halogens is 2. The van der Waals surface area contributed by atoms with Crippen molar-refractivity contribution in [2.45, 2.75) is 16.1 Å². The van der Waals surface area contributed by atoms with Crippen LogP contribution in [0.15, 0.2) is 57.9 Å². The Kier molecular flexibility index (Phi) is 4.40. The fraction of sp³-hybridized carbons (Fsp3) is 0.176. The molecule has 1 saturated carbocycles. The molecule has 0 spiro atoms. The molecule has 2 aromatic rings. The molecular formula is C17H11BrClNO4S. The van der Waals surface area contributed by atoms with Crippen LogP contribution in [0.5, 0.6) is 0 Å². The van der Waals surface area contributed by atoms with E-state index in [0.717, 1.165) is 4.47 Å². The highest BCUT2D eigenvalue weighted by atomic mass is 79.9. The fourth-order valence-electron chi connectivity index (χ4n) is 3.09. The maximum Gasteiger partial charge on any atom is 0.326 e. The molecule has 1 fully saturated rings. The summed E-state index contributed by atoms with van der Waals surface area (Å²) in [7, 11) is -4.03. The van der Waals surface area contributed by atoms with Crippen molar-refractivity contribution in [3.8, 4) is 6.07 Å². The smallest absolute Gasteiger partial charge is 0.326 e. The van der Waals surface area contributed by atoms with Gasteiger partial charge in [0.05, 0.1) is 11.0 Å². The van der Waals surface area contributed by atoms with E-state index in [0.29, 0.717) is 10.6 Å². The summed E-state index contributed by atoms with van der Waals surface area (Å²) in [6.45, 7) is 0. The first-order valence-electron chi connectivity index (χ1n) is 7.14. The van der Waals surface area contributed by atoms with Gasteiger partial charge in [0, 0.05) is 15.4 Å². The summed E-state index contributed by atoms with van der Waals surface area (Å²) in [4.78, 5) is 11.7. The number of benzene rings is 2. The lowest BCUT2D eigenvalue weighted by molar-refractivity contribution is -0.141. The molecule has 0 aliphatic heterocycles. The Balaban J connectivity index is 2.12. The number of nitrogens with zero attached hydrogens (tertiary/aromatic N) is 1. The number of hydrogen-bond acceptors (Lipinski definition) is 4. The van der Waals surface area contributed by atoms with Crippen LogP contribution in [0.2, 0.25) is 5.02 Å². The van der Waals surface area contributed by atoms with Crippen LogP contribution in [0.4, 0.5) is 0 Å². The van der Waals surface area contributed by atoms with Crippen LogP contribution in [0.1, 0.15) is 11.5 Å². The predicted molar refractivity (Wildman–Crippen MR) is 95.0 cm³/mol. The zero-order valence-electron chi connectivity index (χ0n) is 12.6. The quantitative estimate of drug-likeness (QED) is 0.783. The molecule has 3 atom stereocenters. The number of aliphatic carboxylic acids is 1. The first kappa shape index (κ1) is 17.9. The molecule has 1 aliphatic carbocycles. The summed E-state index contributed by atoms with van der Waals surface area (Å²) in [5.41, 5.74) is -1.51. The van der Waals surface area contributed by atoms with Gasteiger partial charge in [-0.25, -0.2) is 8.42 Å². The number of carboxylic acids is 1. The van der Waals surface area contributed by atoms with Gasteiger partial charge in [-0.2, -0.15) is 5.26 Å². The lowest BCUT2D eigenvalue weighted by Gasteiger charge is -2.05. The number of nitriles is 1. The average molecular weight is 441 g/mol. The molecule has 8 heteroatoms. The van der Waals surface area contributed by atoms with Gasteiger partial charge in [-0.1, -0.05) is 39.7 Å². The topological polar surface area (TPSA) is 95.2 Å². The second-order valence-corrected chi connectivity index (χ2v) is 9.16. The van der Waals surface area contributed by atoms with Crippen molar-refractivity contribution in [3.05, 3.63) is 63.6 Å². The zero-order valence-corrected chi connectivity index (χ0v) is 15.7. The zero-order chi connectivity index (χ0) is 18.4. The van der Waals surface area contributed by atoms with Crippen LogP contribution >= 0.6 is 27.5 Å². The third-order valence-corrected chi connectivity index (χ3v) is 7.40. The van der Waals surface area contributed by atoms with Crippen molar-refractivity contribution >= 4 is 43.3 Å². The Morgan fingerprint density at radius 3 is 2.20 bits per heavy atom. The minimum absolute atomic E-state index is 0.0533. The molecule has 25 heavy (non-hydrogen) atoms.